The fraction of sp³-hybridized carbons (Fsp3) is 0.167. The van der Waals surface area contributed by atoms with Crippen molar-refractivity contribution in [2.24, 2.45) is 0 Å². The molecule has 228 valence electrons. The molecule has 46 heavy (non-hydrogen) atoms. The predicted octanol–water partition coefficient (Wildman–Crippen LogP) is 10.2. The number of ketones is 2. The Kier molecular flexibility index (Phi) is 8.99. The SMILES string of the molecule is O=C1CCCc2nc(-c3ncc(-c4cccc(Br)c4)s3)ccc21.O=C1CCCc2nc(-c3ncc(-c4cccc(Cl)c4)s3)ccc21. The Morgan fingerprint density at radius 1 is 0.630 bits per heavy atom. The summed E-state index contributed by atoms with van der Waals surface area (Å²) in [5.41, 5.74) is 7.23. The van der Waals surface area contributed by atoms with Crippen molar-refractivity contribution in [3.8, 4) is 42.3 Å². The molecule has 0 fully saturated rings. The van der Waals surface area contributed by atoms with Gasteiger partial charge in [-0.15, -0.1) is 22.7 Å². The molecular formula is C36H26BrClN4O2S2. The summed E-state index contributed by atoms with van der Waals surface area (Å²) in [7, 11) is 0. The van der Waals surface area contributed by atoms with Gasteiger partial charge in [-0.1, -0.05) is 51.8 Å². The molecule has 6 aromatic rings. The predicted molar refractivity (Wildman–Crippen MR) is 189 cm³/mol. The highest BCUT2D eigenvalue weighted by Crippen LogP contribution is 2.35. The summed E-state index contributed by atoms with van der Waals surface area (Å²) in [4.78, 5) is 44.3. The Labute approximate surface area is 287 Å². The number of carbonyl (C=O) groups is 2. The lowest BCUT2D eigenvalue weighted by molar-refractivity contribution is 0.0963. The molecule has 4 aromatic heterocycles. The van der Waals surface area contributed by atoms with Crippen LogP contribution in [0.1, 0.15) is 57.8 Å². The van der Waals surface area contributed by atoms with Crippen LogP contribution in [-0.2, 0) is 12.8 Å². The van der Waals surface area contributed by atoms with Crippen LogP contribution in [0.2, 0.25) is 5.02 Å². The molecule has 0 aliphatic heterocycles. The number of rotatable bonds is 4. The molecule has 0 bridgehead atoms. The highest BCUT2D eigenvalue weighted by molar-refractivity contribution is 9.10. The second-order valence-electron chi connectivity index (χ2n) is 11.0. The van der Waals surface area contributed by atoms with Gasteiger partial charge in [-0.05, 0) is 85.3 Å². The second kappa shape index (κ2) is 13.5. The van der Waals surface area contributed by atoms with E-state index in [1.165, 1.54) is 0 Å². The zero-order chi connectivity index (χ0) is 31.6. The van der Waals surface area contributed by atoms with Crippen LogP contribution in [0.5, 0.6) is 0 Å². The molecule has 4 heterocycles. The van der Waals surface area contributed by atoms with Crippen LogP contribution in [0.4, 0.5) is 0 Å². The zero-order valence-electron chi connectivity index (χ0n) is 24.5. The summed E-state index contributed by atoms with van der Waals surface area (Å²) in [5, 5.41) is 2.46. The summed E-state index contributed by atoms with van der Waals surface area (Å²) in [6.45, 7) is 0. The number of pyridine rings is 2. The lowest BCUT2D eigenvalue weighted by Gasteiger charge is -2.13. The summed E-state index contributed by atoms with van der Waals surface area (Å²) in [6.07, 6.45) is 8.51. The normalized spacial score (nSPS) is 13.9. The molecule has 2 aliphatic carbocycles. The third kappa shape index (κ3) is 6.64. The van der Waals surface area contributed by atoms with Gasteiger partial charge in [-0.3, -0.25) is 9.59 Å². The number of carbonyl (C=O) groups excluding carboxylic acids is 2. The summed E-state index contributed by atoms with van der Waals surface area (Å²) < 4.78 is 1.05. The minimum Gasteiger partial charge on any atom is -0.294 e. The van der Waals surface area contributed by atoms with E-state index in [4.69, 9.17) is 11.6 Å². The largest absolute Gasteiger partial charge is 0.294 e. The van der Waals surface area contributed by atoms with Crippen LogP contribution < -0.4 is 0 Å². The Morgan fingerprint density at radius 3 is 1.67 bits per heavy atom. The zero-order valence-corrected chi connectivity index (χ0v) is 28.5. The quantitative estimate of drug-likeness (QED) is 0.180. The van der Waals surface area contributed by atoms with E-state index < -0.39 is 0 Å². The Bertz CT molecular complexity index is 1960. The third-order valence-electron chi connectivity index (χ3n) is 7.85. The fourth-order valence-electron chi connectivity index (χ4n) is 5.57. The van der Waals surface area contributed by atoms with Crippen LogP contribution >= 0.6 is 50.2 Å². The van der Waals surface area contributed by atoms with Crippen molar-refractivity contribution in [1.82, 2.24) is 19.9 Å². The van der Waals surface area contributed by atoms with Crippen molar-refractivity contribution < 1.29 is 9.59 Å². The summed E-state index contributed by atoms with van der Waals surface area (Å²) >= 11 is 12.8. The number of thiazole rings is 2. The maximum Gasteiger partial charge on any atom is 0.164 e. The molecule has 8 rings (SSSR count). The number of aryl methyl sites for hydroxylation is 2. The maximum absolute atomic E-state index is 11.9. The molecule has 0 spiro atoms. The molecule has 2 aliphatic rings. The molecular weight excluding hydrogens is 700 g/mol. The topological polar surface area (TPSA) is 85.7 Å². The molecule has 0 radical (unpaired) electrons. The monoisotopic (exact) mass is 724 g/mol. The van der Waals surface area contributed by atoms with Crippen molar-refractivity contribution in [2.45, 2.75) is 38.5 Å². The van der Waals surface area contributed by atoms with Crippen molar-refractivity contribution >= 4 is 61.8 Å². The summed E-state index contributed by atoms with van der Waals surface area (Å²) in [6, 6.07) is 23.5. The number of hydrogen-bond donors (Lipinski definition) is 0. The first-order valence-electron chi connectivity index (χ1n) is 14.9. The lowest BCUT2D eigenvalue weighted by Crippen LogP contribution is -2.12. The Hall–Kier alpha value is -3.89. The highest BCUT2D eigenvalue weighted by Gasteiger charge is 2.21. The molecule has 0 amide bonds. The molecule has 2 aromatic carbocycles. The van der Waals surface area contributed by atoms with Gasteiger partial charge in [0.15, 0.2) is 11.6 Å². The van der Waals surface area contributed by atoms with Crippen LogP contribution in [0.25, 0.3) is 42.3 Å². The molecule has 0 unspecified atom stereocenters. The van der Waals surface area contributed by atoms with Crippen LogP contribution in [-0.4, -0.2) is 31.5 Å². The molecule has 6 nitrogen and oxygen atoms in total. The van der Waals surface area contributed by atoms with Gasteiger partial charge in [0.25, 0.3) is 0 Å². The third-order valence-corrected chi connectivity index (χ3v) is 10.7. The maximum atomic E-state index is 11.9. The fourth-order valence-corrected chi connectivity index (χ4v) is 7.92. The number of fused-ring (bicyclic) bond motifs is 2. The lowest BCUT2D eigenvalue weighted by atomic mass is 9.94. The van der Waals surface area contributed by atoms with E-state index in [2.05, 4.69) is 48.0 Å². The Balaban J connectivity index is 0.000000147. The van der Waals surface area contributed by atoms with E-state index in [1.54, 1.807) is 22.7 Å². The van der Waals surface area contributed by atoms with E-state index in [9.17, 15) is 9.59 Å². The highest BCUT2D eigenvalue weighted by atomic mass is 79.9. The van der Waals surface area contributed by atoms with Gasteiger partial charge >= 0.3 is 0 Å². The van der Waals surface area contributed by atoms with E-state index in [0.717, 1.165) is 95.0 Å². The summed E-state index contributed by atoms with van der Waals surface area (Å²) in [5.74, 6) is 0.406. The molecule has 0 N–H and O–H groups in total. The van der Waals surface area contributed by atoms with Gasteiger partial charge in [-0.2, -0.15) is 0 Å². The first-order chi connectivity index (χ1) is 22.4. The first-order valence-corrected chi connectivity index (χ1v) is 17.7. The average molecular weight is 726 g/mol. The van der Waals surface area contributed by atoms with Crippen LogP contribution in [0.15, 0.2) is 89.7 Å². The first kappa shape index (κ1) is 30.7. The van der Waals surface area contributed by atoms with Gasteiger partial charge < -0.3 is 0 Å². The van der Waals surface area contributed by atoms with Crippen molar-refractivity contribution in [3.05, 3.63) is 117 Å². The Morgan fingerprint density at radius 2 is 1.15 bits per heavy atom. The van der Waals surface area contributed by atoms with E-state index >= 15 is 0 Å². The van der Waals surface area contributed by atoms with Crippen LogP contribution in [0, 0.1) is 0 Å². The van der Waals surface area contributed by atoms with E-state index in [-0.39, 0.29) is 11.6 Å². The number of benzene rings is 2. The van der Waals surface area contributed by atoms with Gasteiger partial charge in [-0.25, -0.2) is 19.9 Å². The molecule has 0 saturated heterocycles. The number of nitrogens with zero attached hydrogens (tertiary/aromatic N) is 4. The van der Waals surface area contributed by atoms with Gasteiger partial charge in [0.1, 0.15) is 10.0 Å². The van der Waals surface area contributed by atoms with Gasteiger partial charge in [0.2, 0.25) is 0 Å². The number of Topliss-reactive ketones (excluding diaryl/α,β-unsaturated/α-hetero) is 2. The smallest absolute Gasteiger partial charge is 0.164 e. The van der Waals surface area contributed by atoms with Crippen molar-refractivity contribution in [2.75, 3.05) is 0 Å². The minimum atomic E-state index is 0.198. The molecule has 10 heteroatoms. The number of hydrogen-bond acceptors (Lipinski definition) is 8. The van der Waals surface area contributed by atoms with Gasteiger partial charge in [0, 0.05) is 45.9 Å². The minimum absolute atomic E-state index is 0.198. The molecule has 0 saturated carbocycles. The van der Waals surface area contributed by atoms with Crippen molar-refractivity contribution in [3.63, 3.8) is 0 Å². The second-order valence-corrected chi connectivity index (χ2v) is 14.4. The average Bonchev–Trinajstić information content (AvgIpc) is 3.77. The van der Waals surface area contributed by atoms with Crippen molar-refractivity contribution in [1.29, 1.82) is 0 Å². The van der Waals surface area contributed by atoms with Gasteiger partial charge in [0.05, 0.1) is 32.5 Å². The van der Waals surface area contributed by atoms with Crippen LogP contribution in [0.3, 0.4) is 0 Å². The number of aromatic nitrogens is 4. The van der Waals surface area contributed by atoms with E-state index in [0.29, 0.717) is 17.9 Å². The standard InChI is InChI=1S/C18H13BrN2OS.C18H13ClN2OS/c2*19-12-4-1-3-11(9-12)17-10-20-18(23-17)15-8-7-13-14(21-15)5-2-6-16(13)22/h2*1,3-4,7-10H,2,5-6H2. The molecule has 0 atom stereocenters. The number of halogens is 2. The van der Waals surface area contributed by atoms with E-state index in [1.807, 2.05) is 73.1 Å².